The number of nitrogens with one attached hydrogen (secondary N) is 1. The molecular formula is C30H41N3O2. The maximum Gasteiger partial charge on any atom is 0.227 e. The molecule has 1 N–H and O–H groups in total. The Bertz CT molecular complexity index is 1060. The highest BCUT2D eigenvalue weighted by atomic mass is 16.5. The quantitative estimate of drug-likeness (QED) is 0.599. The van der Waals surface area contributed by atoms with E-state index in [0.717, 1.165) is 70.8 Å². The molecule has 1 amide bonds. The van der Waals surface area contributed by atoms with Gasteiger partial charge in [0.05, 0.1) is 12.5 Å². The summed E-state index contributed by atoms with van der Waals surface area (Å²) in [6.07, 6.45) is 5.41. The molecule has 2 aromatic rings. The van der Waals surface area contributed by atoms with Crippen molar-refractivity contribution in [2.75, 3.05) is 38.1 Å². The van der Waals surface area contributed by atoms with Crippen molar-refractivity contribution in [1.82, 2.24) is 9.80 Å². The van der Waals surface area contributed by atoms with Crippen LogP contribution in [-0.4, -0.2) is 48.5 Å². The molecule has 5 heteroatoms. The Balaban J connectivity index is 1.27. The zero-order valence-corrected chi connectivity index (χ0v) is 21.7. The maximum atomic E-state index is 13.8. The fraction of sp³-hybridized carbons (Fsp3) is 0.567. The SMILES string of the molecule is Cc1cc(CN(CC(C)C)C(=O)C2CCN(Cc3cccc4c3CCN4)C2)cc2c1OCCCC2. The second-order valence-electron chi connectivity index (χ2n) is 11.2. The Morgan fingerprint density at radius 2 is 2.11 bits per heavy atom. The highest BCUT2D eigenvalue weighted by Crippen LogP contribution is 2.31. The average molecular weight is 476 g/mol. The third-order valence-corrected chi connectivity index (χ3v) is 7.75. The van der Waals surface area contributed by atoms with Crippen LogP contribution in [0.15, 0.2) is 30.3 Å². The van der Waals surface area contributed by atoms with E-state index in [1.165, 1.54) is 39.9 Å². The van der Waals surface area contributed by atoms with Crippen LogP contribution < -0.4 is 10.1 Å². The normalized spacial score (nSPS) is 19.6. The van der Waals surface area contributed by atoms with Crippen LogP contribution in [0, 0.1) is 18.8 Å². The van der Waals surface area contributed by atoms with Gasteiger partial charge in [-0.1, -0.05) is 38.1 Å². The predicted octanol–water partition coefficient (Wildman–Crippen LogP) is 5.18. The molecule has 188 valence electrons. The number of fused-ring (bicyclic) bond motifs is 2. The van der Waals surface area contributed by atoms with Crippen LogP contribution in [0.25, 0.3) is 0 Å². The third kappa shape index (κ3) is 5.50. The Hall–Kier alpha value is -2.53. The van der Waals surface area contributed by atoms with Gasteiger partial charge >= 0.3 is 0 Å². The lowest BCUT2D eigenvalue weighted by Gasteiger charge is -2.28. The first kappa shape index (κ1) is 24.2. The molecule has 1 saturated heterocycles. The summed E-state index contributed by atoms with van der Waals surface area (Å²) >= 11 is 0. The molecule has 0 spiro atoms. The van der Waals surface area contributed by atoms with Crippen molar-refractivity contribution in [2.45, 2.75) is 66.0 Å². The van der Waals surface area contributed by atoms with Gasteiger partial charge in [-0.3, -0.25) is 9.69 Å². The molecular weight excluding hydrogens is 434 g/mol. The number of ether oxygens (including phenoxy) is 1. The number of aryl methyl sites for hydroxylation is 2. The molecule has 1 atom stereocenters. The van der Waals surface area contributed by atoms with E-state index in [1.54, 1.807) is 0 Å². The molecule has 5 nitrogen and oxygen atoms in total. The zero-order chi connectivity index (χ0) is 24.4. The zero-order valence-electron chi connectivity index (χ0n) is 21.7. The van der Waals surface area contributed by atoms with Gasteiger partial charge in [-0.15, -0.1) is 0 Å². The summed E-state index contributed by atoms with van der Waals surface area (Å²) in [5.41, 5.74) is 7.93. The first-order valence-corrected chi connectivity index (χ1v) is 13.6. The van der Waals surface area contributed by atoms with E-state index in [-0.39, 0.29) is 5.92 Å². The minimum Gasteiger partial charge on any atom is -0.493 e. The van der Waals surface area contributed by atoms with Gasteiger partial charge in [0.15, 0.2) is 0 Å². The first-order valence-electron chi connectivity index (χ1n) is 13.6. The second kappa shape index (κ2) is 10.6. The molecule has 0 aliphatic carbocycles. The van der Waals surface area contributed by atoms with Crippen molar-refractivity contribution in [3.05, 3.63) is 58.1 Å². The van der Waals surface area contributed by atoms with Crippen LogP contribution >= 0.6 is 0 Å². The topological polar surface area (TPSA) is 44.8 Å². The molecule has 3 heterocycles. The lowest BCUT2D eigenvalue weighted by atomic mass is 10.00. The lowest BCUT2D eigenvalue weighted by molar-refractivity contribution is -0.136. The van der Waals surface area contributed by atoms with Gasteiger partial charge in [-0.2, -0.15) is 0 Å². The molecule has 0 saturated carbocycles. The molecule has 3 aliphatic rings. The smallest absolute Gasteiger partial charge is 0.227 e. The van der Waals surface area contributed by atoms with Gasteiger partial charge < -0.3 is 15.0 Å². The summed E-state index contributed by atoms with van der Waals surface area (Å²) in [7, 11) is 0. The monoisotopic (exact) mass is 475 g/mol. The summed E-state index contributed by atoms with van der Waals surface area (Å²) in [5.74, 6) is 1.93. The number of anilines is 1. The van der Waals surface area contributed by atoms with Crippen molar-refractivity contribution in [2.24, 2.45) is 11.8 Å². The number of hydrogen-bond donors (Lipinski definition) is 1. The molecule has 2 aromatic carbocycles. The minimum atomic E-state index is 0.0916. The molecule has 5 rings (SSSR count). The van der Waals surface area contributed by atoms with Crippen LogP contribution in [0.5, 0.6) is 5.75 Å². The largest absolute Gasteiger partial charge is 0.493 e. The Labute approximate surface area is 210 Å². The van der Waals surface area contributed by atoms with Gasteiger partial charge in [-0.25, -0.2) is 0 Å². The summed E-state index contributed by atoms with van der Waals surface area (Å²) in [4.78, 5) is 18.4. The Morgan fingerprint density at radius 1 is 1.23 bits per heavy atom. The first-order chi connectivity index (χ1) is 17.0. The van der Waals surface area contributed by atoms with E-state index < -0.39 is 0 Å². The molecule has 0 aromatic heterocycles. The number of amides is 1. The van der Waals surface area contributed by atoms with Gasteiger partial charge in [0, 0.05) is 38.4 Å². The number of likely N-dealkylation sites (tertiary alicyclic amines) is 1. The lowest BCUT2D eigenvalue weighted by Crippen LogP contribution is -2.39. The summed E-state index contributed by atoms with van der Waals surface area (Å²) in [5, 5.41) is 3.49. The summed E-state index contributed by atoms with van der Waals surface area (Å²) in [6.45, 7) is 12.7. The number of carbonyl (C=O) groups excluding carboxylic acids is 1. The summed E-state index contributed by atoms with van der Waals surface area (Å²) in [6, 6.07) is 11.1. The fourth-order valence-corrected chi connectivity index (χ4v) is 6.14. The van der Waals surface area contributed by atoms with Crippen molar-refractivity contribution in [1.29, 1.82) is 0 Å². The molecule has 35 heavy (non-hydrogen) atoms. The number of nitrogens with zero attached hydrogens (tertiary/aromatic N) is 2. The van der Waals surface area contributed by atoms with Crippen LogP contribution in [0.1, 0.15) is 60.9 Å². The van der Waals surface area contributed by atoms with Crippen molar-refractivity contribution in [3.8, 4) is 5.75 Å². The average Bonchev–Trinajstić information content (AvgIpc) is 3.43. The second-order valence-corrected chi connectivity index (χ2v) is 11.2. The Morgan fingerprint density at radius 3 is 2.97 bits per heavy atom. The molecule has 3 aliphatic heterocycles. The van der Waals surface area contributed by atoms with Crippen molar-refractivity contribution < 1.29 is 9.53 Å². The molecule has 0 radical (unpaired) electrons. The summed E-state index contributed by atoms with van der Waals surface area (Å²) < 4.78 is 6.03. The number of benzene rings is 2. The van der Waals surface area contributed by atoms with E-state index in [9.17, 15) is 4.79 Å². The predicted molar refractivity (Wildman–Crippen MR) is 142 cm³/mol. The fourth-order valence-electron chi connectivity index (χ4n) is 6.14. The standard InChI is InChI=1S/C30H41N3O2/c1-21(2)17-33(18-23-15-22(3)29-24(16-23)7-4-5-14-35-29)30(34)26-11-13-32(20-26)19-25-8-6-9-28-27(25)10-12-31-28/h6,8-9,15-16,21,26,31H,4-5,7,10-14,17-20H2,1-3H3. The van der Waals surface area contributed by atoms with Crippen LogP contribution in [0.2, 0.25) is 0 Å². The molecule has 0 bridgehead atoms. The van der Waals surface area contributed by atoms with E-state index in [4.69, 9.17) is 4.74 Å². The maximum absolute atomic E-state index is 13.8. The number of rotatable bonds is 7. The van der Waals surface area contributed by atoms with Crippen LogP contribution in [-0.2, 0) is 30.7 Å². The van der Waals surface area contributed by atoms with Crippen molar-refractivity contribution in [3.63, 3.8) is 0 Å². The van der Waals surface area contributed by atoms with E-state index in [0.29, 0.717) is 18.4 Å². The highest BCUT2D eigenvalue weighted by molar-refractivity contribution is 5.79. The molecule has 1 fully saturated rings. The van der Waals surface area contributed by atoms with E-state index in [2.05, 4.69) is 66.2 Å². The van der Waals surface area contributed by atoms with Gasteiger partial charge in [0.1, 0.15) is 5.75 Å². The van der Waals surface area contributed by atoms with Crippen molar-refractivity contribution >= 4 is 11.6 Å². The third-order valence-electron chi connectivity index (χ3n) is 7.75. The minimum absolute atomic E-state index is 0.0916. The van der Waals surface area contributed by atoms with E-state index in [1.807, 2.05) is 0 Å². The highest BCUT2D eigenvalue weighted by Gasteiger charge is 2.32. The van der Waals surface area contributed by atoms with Crippen LogP contribution in [0.3, 0.4) is 0 Å². The van der Waals surface area contributed by atoms with Gasteiger partial charge in [-0.05, 0) is 85.4 Å². The number of hydrogen-bond acceptors (Lipinski definition) is 4. The van der Waals surface area contributed by atoms with Gasteiger partial charge in [0.2, 0.25) is 5.91 Å². The van der Waals surface area contributed by atoms with Crippen LogP contribution in [0.4, 0.5) is 5.69 Å². The molecule has 1 unspecified atom stereocenters. The Kier molecular flexibility index (Phi) is 7.33. The number of carbonyl (C=O) groups is 1. The van der Waals surface area contributed by atoms with E-state index >= 15 is 0 Å². The van der Waals surface area contributed by atoms with Gasteiger partial charge in [0.25, 0.3) is 0 Å².